The fraction of sp³-hybridized carbons (Fsp3) is 0.400. The van der Waals surface area contributed by atoms with E-state index in [-0.39, 0.29) is 6.42 Å². The van der Waals surface area contributed by atoms with Crippen LogP contribution in [0.3, 0.4) is 0 Å². The number of aliphatic hydroxyl groups excluding tert-OH is 1. The van der Waals surface area contributed by atoms with Crippen molar-refractivity contribution in [2.75, 3.05) is 6.61 Å². The highest BCUT2D eigenvalue weighted by Crippen LogP contribution is 1.74. The summed E-state index contributed by atoms with van der Waals surface area (Å²) in [5.74, 6) is -1.48. The van der Waals surface area contributed by atoms with E-state index in [2.05, 4.69) is 0 Å². The Morgan fingerprint density at radius 1 is 1.50 bits per heavy atom. The average Bonchev–Trinajstić information content (AvgIpc) is 1.88. The molecule has 0 fully saturated rings. The molecule has 5 heteroatoms. The number of nitriles is 1. The summed E-state index contributed by atoms with van der Waals surface area (Å²) in [6.45, 7) is -0.739. The molecule has 0 atom stereocenters. The lowest BCUT2D eigenvalue weighted by Crippen LogP contribution is -2.31. The number of rotatable bonds is 2. The van der Waals surface area contributed by atoms with E-state index in [1.807, 2.05) is 0 Å². The van der Waals surface area contributed by atoms with Crippen LogP contribution in [-0.2, 0) is 9.59 Å². The Balaban J connectivity index is 3.60. The molecule has 10 heavy (non-hydrogen) atoms. The van der Waals surface area contributed by atoms with Crippen LogP contribution in [0.25, 0.3) is 0 Å². The second-order valence-corrected chi connectivity index (χ2v) is 1.46. The van der Waals surface area contributed by atoms with E-state index >= 15 is 0 Å². The van der Waals surface area contributed by atoms with Crippen molar-refractivity contribution in [2.45, 2.75) is 6.42 Å². The minimum atomic E-state index is -0.791. The van der Waals surface area contributed by atoms with Crippen LogP contribution in [0.1, 0.15) is 6.42 Å². The number of carbonyl (C=O) groups is 2. The predicted octanol–water partition coefficient (Wildman–Crippen LogP) is -1.46. The molecule has 54 valence electrons. The van der Waals surface area contributed by atoms with Gasteiger partial charge in [-0.3, -0.25) is 14.9 Å². The summed E-state index contributed by atoms with van der Waals surface area (Å²) in [6.07, 6.45) is -0.369. The van der Waals surface area contributed by atoms with Gasteiger partial charge in [0.15, 0.2) is 0 Å². The van der Waals surface area contributed by atoms with E-state index in [4.69, 9.17) is 10.4 Å². The van der Waals surface area contributed by atoms with Crippen molar-refractivity contribution < 1.29 is 14.7 Å². The summed E-state index contributed by atoms with van der Waals surface area (Å²) in [7, 11) is 0. The zero-order chi connectivity index (χ0) is 7.98. The Labute approximate surface area is 57.3 Å². The Bertz CT molecular complexity index is 182. The summed E-state index contributed by atoms with van der Waals surface area (Å²) >= 11 is 0. The van der Waals surface area contributed by atoms with Crippen molar-refractivity contribution >= 4 is 11.8 Å². The van der Waals surface area contributed by atoms with E-state index in [1.54, 1.807) is 11.4 Å². The van der Waals surface area contributed by atoms with Gasteiger partial charge in [-0.15, -0.1) is 0 Å². The topological polar surface area (TPSA) is 90.2 Å². The second-order valence-electron chi connectivity index (χ2n) is 1.46. The molecule has 0 aromatic carbocycles. The van der Waals surface area contributed by atoms with E-state index < -0.39 is 18.4 Å². The minimum Gasteiger partial charge on any atom is -0.387 e. The zero-order valence-corrected chi connectivity index (χ0v) is 5.13. The van der Waals surface area contributed by atoms with Gasteiger partial charge in [0, 0.05) is 0 Å². The molecule has 0 aromatic heterocycles. The Morgan fingerprint density at radius 3 is 2.50 bits per heavy atom. The Kier molecular flexibility index (Phi) is 3.84. The molecule has 2 N–H and O–H groups in total. The standard InChI is InChI=1S/C5H6N2O3/c6-2-1-4(9)7-5(10)3-8/h8H,1,3H2,(H,7,9,10). The van der Waals surface area contributed by atoms with Gasteiger partial charge in [0.25, 0.3) is 5.91 Å². The first kappa shape index (κ1) is 8.59. The van der Waals surface area contributed by atoms with Crippen LogP contribution < -0.4 is 5.32 Å². The van der Waals surface area contributed by atoms with Crippen LogP contribution in [-0.4, -0.2) is 23.5 Å². The zero-order valence-electron chi connectivity index (χ0n) is 5.13. The first-order chi connectivity index (χ1) is 4.70. The fourth-order valence-corrected chi connectivity index (χ4v) is 0.311. The maximum absolute atomic E-state index is 10.3. The third-order valence-corrected chi connectivity index (χ3v) is 0.662. The molecule has 0 aliphatic rings. The normalized spacial score (nSPS) is 8.00. The van der Waals surface area contributed by atoms with E-state index in [1.165, 1.54) is 0 Å². The smallest absolute Gasteiger partial charge is 0.252 e. The molecule has 0 spiro atoms. The first-order valence-corrected chi connectivity index (χ1v) is 2.51. The summed E-state index contributed by atoms with van der Waals surface area (Å²) in [5, 5.41) is 17.8. The van der Waals surface area contributed by atoms with Gasteiger partial charge in [-0.1, -0.05) is 0 Å². The number of hydrogen-bond acceptors (Lipinski definition) is 4. The molecule has 2 amide bonds. The molecule has 5 nitrogen and oxygen atoms in total. The summed E-state index contributed by atoms with van der Waals surface area (Å²) in [5.41, 5.74) is 0. The van der Waals surface area contributed by atoms with Crippen LogP contribution >= 0.6 is 0 Å². The number of imide groups is 1. The van der Waals surface area contributed by atoms with Gasteiger partial charge in [-0.05, 0) is 0 Å². The number of amides is 2. The SMILES string of the molecule is N#CCC(=O)NC(=O)CO. The molecule has 0 saturated carbocycles. The highest BCUT2D eigenvalue weighted by molar-refractivity contribution is 5.96. The third-order valence-electron chi connectivity index (χ3n) is 0.662. The van der Waals surface area contributed by atoms with Crippen molar-refractivity contribution in [3.63, 3.8) is 0 Å². The molecule has 0 bridgehead atoms. The molecule has 0 aromatic rings. The van der Waals surface area contributed by atoms with Crippen LogP contribution in [0.5, 0.6) is 0 Å². The van der Waals surface area contributed by atoms with Crippen LogP contribution in [0.4, 0.5) is 0 Å². The molecule has 0 radical (unpaired) electrons. The molecule has 0 aliphatic heterocycles. The van der Waals surface area contributed by atoms with Crippen molar-refractivity contribution in [3.8, 4) is 6.07 Å². The van der Waals surface area contributed by atoms with Gasteiger partial charge in [-0.25, -0.2) is 0 Å². The number of aliphatic hydroxyl groups is 1. The van der Waals surface area contributed by atoms with E-state index in [0.29, 0.717) is 0 Å². The summed E-state index contributed by atoms with van der Waals surface area (Å²) in [4.78, 5) is 20.6. The molecular weight excluding hydrogens is 136 g/mol. The van der Waals surface area contributed by atoms with Crippen LogP contribution in [0.15, 0.2) is 0 Å². The molecule has 0 aliphatic carbocycles. The largest absolute Gasteiger partial charge is 0.387 e. The Morgan fingerprint density at radius 2 is 2.10 bits per heavy atom. The molecule has 0 heterocycles. The van der Waals surface area contributed by atoms with Crippen molar-refractivity contribution in [1.29, 1.82) is 5.26 Å². The van der Waals surface area contributed by atoms with Crippen molar-refractivity contribution in [3.05, 3.63) is 0 Å². The van der Waals surface area contributed by atoms with Gasteiger partial charge in [0.1, 0.15) is 13.0 Å². The quantitative estimate of drug-likeness (QED) is 0.492. The third kappa shape index (κ3) is 3.57. The number of carbonyl (C=O) groups excluding carboxylic acids is 2. The maximum Gasteiger partial charge on any atom is 0.252 e. The fourth-order valence-electron chi connectivity index (χ4n) is 0.311. The lowest BCUT2D eigenvalue weighted by Gasteiger charge is -1.94. The number of nitrogens with zero attached hydrogens (tertiary/aromatic N) is 1. The molecule has 0 saturated heterocycles. The first-order valence-electron chi connectivity index (χ1n) is 2.51. The lowest BCUT2D eigenvalue weighted by molar-refractivity contribution is -0.131. The lowest BCUT2D eigenvalue weighted by atomic mass is 10.4. The van der Waals surface area contributed by atoms with E-state index in [0.717, 1.165) is 0 Å². The van der Waals surface area contributed by atoms with Gasteiger partial charge < -0.3 is 5.11 Å². The van der Waals surface area contributed by atoms with Gasteiger partial charge >= 0.3 is 0 Å². The summed E-state index contributed by atoms with van der Waals surface area (Å²) in [6, 6.07) is 1.55. The number of nitrogens with one attached hydrogen (secondary N) is 1. The monoisotopic (exact) mass is 142 g/mol. The van der Waals surface area contributed by atoms with Crippen LogP contribution in [0.2, 0.25) is 0 Å². The van der Waals surface area contributed by atoms with Crippen LogP contribution in [0, 0.1) is 11.3 Å². The van der Waals surface area contributed by atoms with Crippen molar-refractivity contribution in [2.24, 2.45) is 0 Å². The van der Waals surface area contributed by atoms with Gasteiger partial charge in [0.2, 0.25) is 5.91 Å². The maximum atomic E-state index is 10.3. The van der Waals surface area contributed by atoms with Gasteiger partial charge in [0.05, 0.1) is 6.07 Å². The molecule has 0 rings (SSSR count). The molecule has 0 unspecified atom stereocenters. The van der Waals surface area contributed by atoms with E-state index in [9.17, 15) is 9.59 Å². The average molecular weight is 142 g/mol. The Hall–Kier alpha value is -1.41. The second kappa shape index (κ2) is 4.47. The highest BCUT2D eigenvalue weighted by atomic mass is 16.3. The minimum absolute atomic E-state index is 0.369. The van der Waals surface area contributed by atoms with Gasteiger partial charge in [-0.2, -0.15) is 5.26 Å². The molecular formula is C5H6N2O3. The highest BCUT2D eigenvalue weighted by Gasteiger charge is 2.03. The summed E-state index contributed by atoms with van der Waals surface area (Å²) < 4.78 is 0. The predicted molar refractivity (Wildman–Crippen MR) is 30.5 cm³/mol. The van der Waals surface area contributed by atoms with Crippen molar-refractivity contribution in [1.82, 2.24) is 5.32 Å². The number of hydrogen-bond donors (Lipinski definition) is 2.